The molecule has 0 saturated heterocycles. The number of hydrogen-bond donors (Lipinski definition) is 1. The summed E-state index contributed by atoms with van der Waals surface area (Å²) in [5.41, 5.74) is 0.524. The molecule has 0 aliphatic rings. The number of carbonyl (C=O) groups excluding carboxylic acids is 1. The molecule has 6 nitrogen and oxygen atoms in total. The maximum absolute atomic E-state index is 11.7. The van der Waals surface area contributed by atoms with Crippen LogP contribution >= 0.6 is 11.6 Å². The number of nitrogens with zero attached hydrogens (tertiary/aromatic N) is 4. The molecule has 0 unspecified atom stereocenters. The number of aromatic amines is 1. The van der Waals surface area contributed by atoms with Crippen molar-refractivity contribution in [2.75, 3.05) is 0 Å². The smallest absolute Gasteiger partial charge is 0.234 e. The third kappa shape index (κ3) is 1.29. The first kappa shape index (κ1) is 8.89. The molecular weight excluding hydrogens is 206 g/mol. The lowest BCUT2D eigenvalue weighted by molar-refractivity contribution is 0.102. The summed E-state index contributed by atoms with van der Waals surface area (Å²) in [5.74, 6) is -0.302. The van der Waals surface area contributed by atoms with Crippen LogP contribution in [-0.2, 0) is 7.05 Å². The molecule has 0 aromatic carbocycles. The minimum absolute atomic E-state index is 0.218. The number of aromatic nitrogens is 5. The van der Waals surface area contributed by atoms with Crippen LogP contribution in [0.3, 0.4) is 0 Å². The van der Waals surface area contributed by atoms with Crippen LogP contribution in [0.1, 0.15) is 16.2 Å². The van der Waals surface area contributed by atoms with Crippen molar-refractivity contribution in [3.63, 3.8) is 0 Å². The van der Waals surface area contributed by atoms with E-state index in [9.17, 15) is 4.79 Å². The van der Waals surface area contributed by atoms with Gasteiger partial charge in [0, 0.05) is 7.05 Å². The van der Waals surface area contributed by atoms with E-state index >= 15 is 0 Å². The molecule has 0 spiro atoms. The van der Waals surface area contributed by atoms with Crippen LogP contribution in [-0.4, -0.2) is 31.0 Å². The van der Waals surface area contributed by atoms with E-state index in [0.29, 0.717) is 10.7 Å². The number of carbonyl (C=O) groups is 1. The molecule has 0 bridgehead atoms. The molecule has 1 N–H and O–H groups in total. The van der Waals surface area contributed by atoms with Crippen LogP contribution in [0.4, 0.5) is 0 Å². The molecule has 0 radical (unpaired) electrons. The number of rotatable bonds is 2. The van der Waals surface area contributed by atoms with Gasteiger partial charge < -0.3 is 0 Å². The lowest BCUT2D eigenvalue weighted by Crippen LogP contribution is -2.09. The summed E-state index contributed by atoms with van der Waals surface area (Å²) in [5, 5.41) is 13.7. The quantitative estimate of drug-likeness (QED) is 0.731. The minimum Gasteiger partial charge on any atom is -0.285 e. The first-order valence-corrected chi connectivity index (χ1v) is 4.16. The highest BCUT2D eigenvalue weighted by Crippen LogP contribution is 2.16. The van der Waals surface area contributed by atoms with Crippen molar-refractivity contribution in [2.24, 2.45) is 7.05 Å². The number of aryl methyl sites for hydroxylation is 1. The zero-order valence-electron chi connectivity index (χ0n) is 7.23. The SMILES string of the molecule is Cn1ncc(Cl)c1C(=O)c1cn[nH]n1. The second kappa shape index (κ2) is 3.22. The molecular formula is C7H6ClN5O. The zero-order valence-corrected chi connectivity index (χ0v) is 7.99. The Labute approximate surface area is 83.9 Å². The van der Waals surface area contributed by atoms with Crippen molar-refractivity contribution < 1.29 is 4.79 Å². The zero-order chi connectivity index (χ0) is 10.1. The third-order valence-corrected chi connectivity index (χ3v) is 2.03. The number of halogens is 1. The van der Waals surface area contributed by atoms with Gasteiger partial charge in [0.25, 0.3) is 0 Å². The van der Waals surface area contributed by atoms with Crippen LogP contribution in [0.15, 0.2) is 12.4 Å². The predicted molar refractivity (Wildman–Crippen MR) is 48.0 cm³/mol. The average Bonchev–Trinajstić information content (AvgIpc) is 2.75. The molecule has 0 aliphatic heterocycles. The van der Waals surface area contributed by atoms with Crippen LogP contribution < -0.4 is 0 Å². The van der Waals surface area contributed by atoms with Gasteiger partial charge in [-0.2, -0.15) is 20.5 Å². The lowest BCUT2D eigenvalue weighted by atomic mass is 10.2. The fourth-order valence-electron chi connectivity index (χ4n) is 1.10. The summed E-state index contributed by atoms with van der Waals surface area (Å²) >= 11 is 5.79. The van der Waals surface area contributed by atoms with E-state index in [-0.39, 0.29) is 11.5 Å². The number of hydrogen-bond acceptors (Lipinski definition) is 4. The highest BCUT2D eigenvalue weighted by atomic mass is 35.5. The van der Waals surface area contributed by atoms with Gasteiger partial charge >= 0.3 is 0 Å². The highest BCUT2D eigenvalue weighted by molar-refractivity contribution is 6.34. The highest BCUT2D eigenvalue weighted by Gasteiger charge is 2.19. The van der Waals surface area contributed by atoms with Gasteiger partial charge in [-0.25, -0.2) is 0 Å². The first-order chi connectivity index (χ1) is 6.70. The van der Waals surface area contributed by atoms with E-state index in [1.807, 2.05) is 0 Å². The monoisotopic (exact) mass is 211 g/mol. The maximum Gasteiger partial charge on any atom is 0.234 e. The van der Waals surface area contributed by atoms with Crippen molar-refractivity contribution in [2.45, 2.75) is 0 Å². The van der Waals surface area contributed by atoms with Gasteiger partial charge in [0.05, 0.1) is 17.4 Å². The van der Waals surface area contributed by atoms with Crippen LogP contribution in [0.5, 0.6) is 0 Å². The Kier molecular flexibility index (Phi) is 2.05. The predicted octanol–water partition coefficient (Wildman–Crippen LogP) is 0.423. The summed E-state index contributed by atoms with van der Waals surface area (Å²) in [6.45, 7) is 0. The van der Waals surface area contributed by atoms with E-state index in [1.54, 1.807) is 7.05 Å². The fourth-order valence-corrected chi connectivity index (χ4v) is 1.35. The second-order valence-corrected chi connectivity index (χ2v) is 3.06. The van der Waals surface area contributed by atoms with E-state index in [1.165, 1.54) is 17.1 Å². The summed E-state index contributed by atoms with van der Waals surface area (Å²) in [4.78, 5) is 11.7. The van der Waals surface area contributed by atoms with Gasteiger partial charge in [0.2, 0.25) is 5.78 Å². The van der Waals surface area contributed by atoms with Crippen molar-refractivity contribution in [1.82, 2.24) is 25.2 Å². The average molecular weight is 212 g/mol. The molecule has 2 heterocycles. The molecule has 0 aliphatic carbocycles. The minimum atomic E-state index is -0.302. The molecule has 0 atom stereocenters. The Morgan fingerprint density at radius 1 is 1.57 bits per heavy atom. The summed E-state index contributed by atoms with van der Waals surface area (Å²) in [6, 6.07) is 0. The van der Waals surface area contributed by atoms with Gasteiger partial charge in [-0.1, -0.05) is 11.6 Å². The first-order valence-electron chi connectivity index (χ1n) is 3.78. The Morgan fingerprint density at radius 3 is 2.86 bits per heavy atom. The Hall–Kier alpha value is -1.69. The molecule has 7 heteroatoms. The lowest BCUT2D eigenvalue weighted by Gasteiger charge is -1.97. The molecule has 0 fully saturated rings. The topological polar surface area (TPSA) is 76.5 Å². The number of ketones is 1. The molecule has 2 aromatic rings. The van der Waals surface area contributed by atoms with Crippen LogP contribution in [0.25, 0.3) is 0 Å². The second-order valence-electron chi connectivity index (χ2n) is 2.65. The van der Waals surface area contributed by atoms with Gasteiger partial charge in [-0.3, -0.25) is 9.48 Å². The molecule has 72 valence electrons. The van der Waals surface area contributed by atoms with Crippen molar-refractivity contribution in [1.29, 1.82) is 0 Å². The van der Waals surface area contributed by atoms with E-state index in [4.69, 9.17) is 11.6 Å². The van der Waals surface area contributed by atoms with Crippen LogP contribution in [0, 0.1) is 0 Å². The van der Waals surface area contributed by atoms with Gasteiger partial charge in [0.1, 0.15) is 5.69 Å². The van der Waals surface area contributed by atoms with Gasteiger partial charge in [-0.05, 0) is 0 Å². The molecule has 0 saturated carbocycles. The Balaban J connectivity index is 2.46. The molecule has 2 aromatic heterocycles. The van der Waals surface area contributed by atoms with Crippen LogP contribution in [0.2, 0.25) is 5.02 Å². The number of nitrogens with one attached hydrogen (secondary N) is 1. The van der Waals surface area contributed by atoms with E-state index in [2.05, 4.69) is 20.5 Å². The van der Waals surface area contributed by atoms with Crippen molar-refractivity contribution in [3.05, 3.63) is 28.8 Å². The van der Waals surface area contributed by atoms with E-state index in [0.717, 1.165) is 0 Å². The Bertz CT molecular complexity index is 441. The normalized spacial score (nSPS) is 10.4. The maximum atomic E-state index is 11.7. The van der Waals surface area contributed by atoms with E-state index < -0.39 is 0 Å². The van der Waals surface area contributed by atoms with Gasteiger partial charge in [-0.15, -0.1) is 0 Å². The third-order valence-electron chi connectivity index (χ3n) is 1.76. The number of H-pyrrole nitrogens is 1. The van der Waals surface area contributed by atoms with Gasteiger partial charge in [0.15, 0.2) is 5.69 Å². The summed E-state index contributed by atoms with van der Waals surface area (Å²) in [6.07, 6.45) is 2.75. The standard InChI is InChI=1S/C7H6ClN5O/c1-13-6(4(8)2-10-13)7(14)5-3-9-12-11-5/h2-3H,1H3,(H,9,11,12). The Morgan fingerprint density at radius 2 is 2.36 bits per heavy atom. The molecule has 2 rings (SSSR count). The van der Waals surface area contributed by atoms with Crippen molar-refractivity contribution >= 4 is 17.4 Å². The fraction of sp³-hybridized carbons (Fsp3) is 0.143. The molecule has 0 amide bonds. The van der Waals surface area contributed by atoms with Crippen molar-refractivity contribution in [3.8, 4) is 0 Å². The summed E-state index contributed by atoms with van der Waals surface area (Å²) < 4.78 is 1.40. The molecule has 14 heavy (non-hydrogen) atoms. The largest absolute Gasteiger partial charge is 0.285 e. The summed E-state index contributed by atoms with van der Waals surface area (Å²) in [7, 11) is 1.64.